The summed E-state index contributed by atoms with van der Waals surface area (Å²) in [4.78, 5) is 13.3. The van der Waals surface area contributed by atoms with Crippen LogP contribution in [0, 0.1) is 34.0 Å². The van der Waals surface area contributed by atoms with E-state index in [1.54, 1.807) is 7.11 Å². The van der Waals surface area contributed by atoms with Crippen molar-refractivity contribution in [3.63, 3.8) is 0 Å². The molecule has 4 nitrogen and oxygen atoms in total. The van der Waals surface area contributed by atoms with Gasteiger partial charge in [0.2, 0.25) is 0 Å². The zero-order chi connectivity index (χ0) is 17.6. The molecule has 8 atom stereocenters. The summed E-state index contributed by atoms with van der Waals surface area (Å²) in [6.07, 6.45) is 6.05. The van der Waals surface area contributed by atoms with Crippen molar-refractivity contribution in [1.82, 2.24) is 0 Å². The van der Waals surface area contributed by atoms with Gasteiger partial charge in [0.15, 0.2) is 12.1 Å². The Morgan fingerprint density at radius 3 is 2.80 bits per heavy atom. The smallest absolute Gasteiger partial charge is 0.167 e. The Morgan fingerprint density at radius 1 is 1.24 bits per heavy atom. The largest absolute Gasteiger partial charge is 0.392 e. The van der Waals surface area contributed by atoms with Crippen LogP contribution in [0.25, 0.3) is 0 Å². The van der Waals surface area contributed by atoms with Crippen LogP contribution in [0.5, 0.6) is 0 Å². The highest BCUT2D eigenvalue weighted by Gasteiger charge is 2.74. The molecule has 1 aliphatic heterocycles. The quantitative estimate of drug-likeness (QED) is 0.741. The Balaban J connectivity index is 1.71. The van der Waals surface area contributed by atoms with Crippen molar-refractivity contribution in [3.05, 3.63) is 12.2 Å². The molecule has 0 amide bonds. The van der Waals surface area contributed by atoms with Crippen LogP contribution in [0.2, 0.25) is 0 Å². The lowest BCUT2D eigenvalue weighted by Gasteiger charge is -2.71. The number of allylic oxidation sites excluding steroid dienone is 1. The molecule has 4 heteroatoms. The van der Waals surface area contributed by atoms with Gasteiger partial charge in [-0.2, -0.15) is 0 Å². The molecule has 1 saturated heterocycles. The molecule has 25 heavy (non-hydrogen) atoms. The number of hydrogen-bond donors (Lipinski definition) is 1. The molecular weight excluding hydrogens is 316 g/mol. The molecule has 6 fully saturated rings. The van der Waals surface area contributed by atoms with Crippen molar-refractivity contribution in [2.45, 2.75) is 64.3 Å². The van der Waals surface area contributed by atoms with E-state index in [0.717, 1.165) is 37.7 Å². The predicted molar refractivity (Wildman–Crippen MR) is 92.7 cm³/mol. The van der Waals surface area contributed by atoms with Crippen molar-refractivity contribution in [2.24, 2.45) is 34.0 Å². The summed E-state index contributed by atoms with van der Waals surface area (Å²) in [5.41, 5.74) is 0.0829. The number of aliphatic hydroxyl groups excluding tert-OH is 1. The first-order valence-electron chi connectivity index (χ1n) is 9.96. The second-order valence-corrected chi connectivity index (χ2v) is 9.72. The third kappa shape index (κ3) is 1.68. The molecule has 6 rings (SSSR count). The molecular formula is C21H30O4. The van der Waals surface area contributed by atoms with E-state index in [1.807, 2.05) is 0 Å². The number of methoxy groups -OCH3 is 1. The minimum absolute atomic E-state index is 0.0899. The Labute approximate surface area is 150 Å². The van der Waals surface area contributed by atoms with E-state index in [9.17, 15) is 9.90 Å². The highest BCUT2D eigenvalue weighted by Crippen LogP contribution is 2.73. The Morgan fingerprint density at radius 2 is 2.04 bits per heavy atom. The third-order valence-corrected chi connectivity index (χ3v) is 9.02. The maximum Gasteiger partial charge on any atom is 0.167 e. The van der Waals surface area contributed by atoms with Crippen molar-refractivity contribution in [2.75, 3.05) is 13.7 Å². The van der Waals surface area contributed by atoms with E-state index < -0.39 is 11.5 Å². The summed E-state index contributed by atoms with van der Waals surface area (Å²) >= 11 is 0. The maximum absolute atomic E-state index is 13.3. The lowest BCUT2D eigenvalue weighted by atomic mass is 9.34. The van der Waals surface area contributed by atoms with Crippen LogP contribution >= 0.6 is 0 Å². The summed E-state index contributed by atoms with van der Waals surface area (Å²) < 4.78 is 12.2. The van der Waals surface area contributed by atoms with E-state index in [-0.39, 0.29) is 34.7 Å². The third-order valence-electron chi connectivity index (χ3n) is 9.02. The highest BCUT2D eigenvalue weighted by atomic mass is 16.7. The molecule has 1 spiro atoms. The number of ketones is 1. The molecule has 6 aliphatic rings. The normalized spacial score (nSPS) is 57.2. The molecule has 2 unspecified atom stereocenters. The Kier molecular flexibility index (Phi) is 3.27. The second kappa shape index (κ2) is 4.96. The summed E-state index contributed by atoms with van der Waals surface area (Å²) in [7, 11) is 1.74. The number of aliphatic hydroxyl groups is 1. The fourth-order valence-corrected chi connectivity index (χ4v) is 8.00. The van der Waals surface area contributed by atoms with Gasteiger partial charge < -0.3 is 14.6 Å². The highest BCUT2D eigenvalue weighted by molar-refractivity contribution is 6.02. The number of Topliss-reactive ketones (excluding diaryl/α,β-unsaturated/α-hetero) is 1. The van der Waals surface area contributed by atoms with Crippen molar-refractivity contribution < 1.29 is 19.4 Å². The molecule has 5 aliphatic carbocycles. The zero-order valence-corrected chi connectivity index (χ0v) is 15.4. The molecule has 4 bridgehead atoms. The van der Waals surface area contributed by atoms with Crippen molar-refractivity contribution >= 4 is 5.78 Å². The van der Waals surface area contributed by atoms with Gasteiger partial charge in [-0.25, -0.2) is 0 Å². The summed E-state index contributed by atoms with van der Waals surface area (Å²) in [6, 6.07) is 0. The van der Waals surface area contributed by atoms with Gasteiger partial charge in [0, 0.05) is 12.5 Å². The summed E-state index contributed by atoms with van der Waals surface area (Å²) in [6.45, 7) is 7.14. The van der Waals surface area contributed by atoms with Crippen molar-refractivity contribution in [3.8, 4) is 0 Å². The first-order chi connectivity index (χ1) is 11.9. The van der Waals surface area contributed by atoms with E-state index >= 15 is 0 Å². The van der Waals surface area contributed by atoms with Gasteiger partial charge in [-0.3, -0.25) is 4.79 Å². The number of hydrogen-bond acceptors (Lipinski definition) is 4. The van der Waals surface area contributed by atoms with Gasteiger partial charge in [-0.1, -0.05) is 19.9 Å². The zero-order valence-electron chi connectivity index (χ0n) is 15.4. The summed E-state index contributed by atoms with van der Waals surface area (Å²) in [5, 5.41) is 11.3. The standard InChI is InChI=1S/C21H30O4/c1-12-13-5-8-21(17(12)23)15(9-13)20-7-4-6-19(2,11-25-18(20)24-3)14(20)10-16(21)22/h13-16,18,22H,1,4-11H2,2-3H3/t13-,14?,15?,16+,18+,19-,20-,21+/m0/s1. The minimum atomic E-state index is -0.641. The van der Waals surface area contributed by atoms with Crippen LogP contribution in [0.4, 0.5) is 0 Å². The number of rotatable bonds is 1. The Hall–Kier alpha value is -0.710. The van der Waals surface area contributed by atoms with Crippen molar-refractivity contribution in [1.29, 1.82) is 0 Å². The van der Waals surface area contributed by atoms with Crippen LogP contribution in [-0.2, 0) is 14.3 Å². The first kappa shape index (κ1) is 16.5. The lowest BCUT2D eigenvalue weighted by Crippen LogP contribution is -2.73. The average molecular weight is 346 g/mol. The van der Waals surface area contributed by atoms with E-state index in [2.05, 4.69) is 13.5 Å². The van der Waals surface area contributed by atoms with Crippen LogP contribution in [0.15, 0.2) is 12.2 Å². The van der Waals surface area contributed by atoms with Crippen LogP contribution < -0.4 is 0 Å². The fraction of sp³-hybridized carbons (Fsp3) is 0.857. The van der Waals surface area contributed by atoms with Gasteiger partial charge in [-0.15, -0.1) is 0 Å². The van der Waals surface area contributed by atoms with Gasteiger partial charge >= 0.3 is 0 Å². The van der Waals surface area contributed by atoms with Crippen LogP contribution in [0.1, 0.15) is 51.9 Å². The topological polar surface area (TPSA) is 55.8 Å². The minimum Gasteiger partial charge on any atom is -0.392 e. The van der Waals surface area contributed by atoms with E-state index in [0.29, 0.717) is 18.9 Å². The Bertz CT molecular complexity index is 644. The number of fused-ring (bicyclic) bond motifs is 2. The number of ether oxygens (including phenoxy) is 2. The number of carbonyl (C=O) groups excluding carboxylic acids is 1. The molecule has 0 radical (unpaired) electrons. The number of carbonyl (C=O) groups is 1. The monoisotopic (exact) mass is 346 g/mol. The molecule has 1 N–H and O–H groups in total. The van der Waals surface area contributed by atoms with Gasteiger partial charge in [0.05, 0.1) is 18.1 Å². The maximum atomic E-state index is 13.3. The van der Waals surface area contributed by atoms with Gasteiger partial charge in [0.1, 0.15) is 0 Å². The predicted octanol–water partition coefficient (Wildman–Crippen LogP) is 3.09. The molecule has 1 heterocycles. The van der Waals surface area contributed by atoms with Gasteiger partial charge in [0.25, 0.3) is 0 Å². The second-order valence-electron chi connectivity index (χ2n) is 9.72. The molecule has 0 aromatic rings. The average Bonchev–Trinajstić information content (AvgIpc) is 2.60. The van der Waals surface area contributed by atoms with E-state index in [4.69, 9.17) is 9.47 Å². The molecule has 138 valence electrons. The lowest BCUT2D eigenvalue weighted by molar-refractivity contribution is -0.348. The molecule has 5 saturated carbocycles. The summed E-state index contributed by atoms with van der Waals surface area (Å²) in [5.74, 6) is 0.967. The molecule has 0 aromatic carbocycles. The first-order valence-corrected chi connectivity index (χ1v) is 9.96. The van der Waals surface area contributed by atoms with Gasteiger partial charge in [-0.05, 0) is 67.3 Å². The van der Waals surface area contributed by atoms with E-state index in [1.165, 1.54) is 6.42 Å². The van der Waals surface area contributed by atoms with Crippen LogP contribution in [-0.4, -0.2) is 37.0 Å². The molecule has 0 aromatic heterocycles. The van der Waals surface area contributed by atoms with Crippen LogP contribution in [0.3, 0.4) is 0 Å². The SMILES string of the molecule is C=C1C(=O)[C@]23CC[C@H]1CC2[C@@]12CCC[C@@](C)(CO[C@H]1OC)C2C[C@H]3O. The fourth-order valence-electron chi connectivity index (χ4n) is 8.00.